The third kappa shape index (κ3) is 4.27. The summed E-state index contributed by atoms with van der Waals surface area (Å²) in [6, 6.07) is 6.40. The van der Waals surface area contributed by atoms with Gasteiger partial charge in [0.2, 0.25) is 15.9 Å². The molecule has 0 radical (unpaired) electrons. The van der Waals surface area contributed by atoms with Crippen molar-refractivity contribution in [3.8, 4) is 0 Å². The second-order valence-corrected chi connectivity index (χ2v) is 6.91. The molecule has 8 heteroatoms. The van der Waals surface area contributed by atoms with Gasteiger partial charge in [0.15, 0.2) is 0 Å². The van der Waals surface area contributed by atoms with Crippen LogP contribution in [-0.2, 0) is 26.0 Å². The van der Waals surface area contributed by atoms with Crippen LogP contribution in [0.5, 0.6) is 0 Å². The lowest BCUT2D eigenvalue weighted by molar-refractivity contribution is -0.136. The van der Waals surface area contributed by atoms with Gasteiger partial charge in [-0.05, 0) is 24.1 Å². The van der Waals surface area contributed by atoms with Crippen molar-refractivity contribution in [1.82, 2.24) is 4.31 Å². The minimum absolute atomic E-state index is 0.0831. The van der Waals surface area contributed by atoms with E-state index >= 15 is 0 Å². The van der Waals surface area contributed by atoms with Crippen LogP contribution in [0.3, 0.4) is 0 Å². The van der Waals surface area contributed by atoms with Gasteiger partial charge in [-0.2, -0.15) is 4.31 Å². The van der Waals surface area contributed by atoms with Gasteiger partial charge in [-0.1, -0.05) is 12.1 Å². The normalized spacial score (nSPS) is 17.5. The summed E-state index contributed by atoms with van der Waals surface area (Å²) in [6.45, 7) is 0.173. The Morgan fingerprint density at radius 1 is 1.24 bits per heavy atom. The van der Waals surface area contributed by atoms with Crippen molar-refractivity contribution in [1.29, 1.82) is 0 Å². The molecule has 0 bridgehead atoms. The number of rotatable bonds is 5. The van der Waals surface area contributed by atoms with Crippen LogP contribution in [0.4, 0.5) is 5.69 Å². The molecule has 0 atom stereocenters. The lowest BCUT2D eigenvalue weighted by atomic mass is 10.1. The summed E-state index contributed by atoms with van der Waals surface area (Å²) in [7, 11) is -3.29. The molecule has 1 aliphatic rings. The van der Waals surface area contributed by atoms with Crippen LogP contribution in [0, 0.1) is 0 Å². The highest BCUT2D eigenvalue weighted by Gasteiger charge is 2.29. The topological polar surface area (TPSA) is 104 Å². The summed E-state index contributed by atoms with van der Waals surface area (Å²) >= 11 is 0. The number of anilines is 1. The molecule has 0 spiro atoms. The molecular weight excluding hydrogens is 296 g/mol. The zero-order chi connectivity index (χ0) is 15.5. The van der Waals surface area contributed by atoms with Crippen molar-refractivity contribution >= 4 is 27.6 Å². The van der Waals surface area contributed by atoms with Crippen molar-refractivity contribution in [2.75, 3.05) is 24.2 Å². The molecule has 0 aromatic heterocycles. The number of nitrogens with zero attached hydrogens (tertiary/aromatic N) is 1. The monoisotopic (exact) mass is 312 g/mol. The number of carbonyl (C=O) groups excluding carboxylic acids is 1. The molecule has 0 saturated carbocycles. The van der Waals surface area contributed by atoms with Gasteiger partial charge >= 0.3 is 5.97 Å². The fraction of sp³-hybridized carbons (Fsp3) is 0.385. The molecule has 1 aromatic rings. The molecule has 2 N–H and O–H groups in total. The van der Waals surface area contributed by atoms with E-state index in [1.54, 1.807) is 24.3 Å². The number of aliphatic carboxylic acids is 1. The smallest absolute Gasteiger partial charge is 0.307 e. The molecule has 1 saturated heterocycles. The second-order valence-electron chi connectivity index (χ2n) is 4.82. The standard InChI is InChI=1S/C13H16N2O5S/c16-12(9-15-6-1-7-21(15,19)20)14-11-4-2-10(3-5-11)8-13(17)18/h2-5H,1,6-9H2,(H,14,16)(H,17,18). The predicted octanol–water partition coefficient (Wildman–Crippen LogP) is 0.288. The highest BCUT2D eigenvalue weighted by atomic mass is 32.2. The molecule has 21 heavy (non-hydrogen) atoms. The van der Waals surface area contributed by atoms with Crippen LogP contribution >= 0.6 is 0 Å². The molecule has 114 valence electrons. The fourth-order valence-corrected chi connectivity index (χ4v) is 3.58. The first-order valence-corrected chi connectivity index (χ1v) is 8.06. The number of carboxylic acid groups (broad SMARTS) is 1. The summed E-state index contributed by atoms with van der Waals surface area (Å²) < 4.78 is 24.3. The molecule has 2 rings (SSSR count). The quantitative estimate of drug-likeness (QED) is 0.813. The van der Waals surface area contributed by atoms with E-state index < -0.39 is 21.9 Å². The van der Waals surface area contributed by atoms with Gasteiger partial charge in [-0.25, -0.2) is 8.42 Å². The van der Waals surface area contributed by atoms with E-state index in [2.05, 4.69) is 5.32 Å². The maximum atomic E-state index is 11.8. The van der Waals surface area contributed by atoms with Crippen LogP contribution in [0.2, 0.25) is 0 Å². The lowest BCUT2D eigenvalue weighted by Crippen LogP contribution is -2.34. The number of hydrogen-bond donors (Lipinski definition) is 2. The molecule has 1 aromatic carbocycles. The number of carboxylic acids is 1. The Morgan fingerprint density at radius 3 is 2.43 bits per heavy atom. The second kappa shape index (κ2) is 6.23. The molecule has 7 nitrogen and oxygen atoms in total. The third-order valence-electron chi connectivity index (χ3n) is 3.12. The maximum absolute atomic E-state index is 11.8. The zero-order valence-corrected chi connectivity index (χ0v) is 12.1. The number of benzene rings is 1. The van der Waals surface area contributed by atoms with Gasteiger partial charge in [-0.15, -0.1) is 0 Å². The van der Waals surface area contributed by atoms with E-state index in [-0.39, 0.29) is 18.7 Å². The number of amides is 1. The molecule has 1 aliphatic heterocycles. The number of sulfonamides is 1. The Kier molecular flexibility index (Phi) is 4.59. The molecule has 1 fully saturated rings. The Hall–Kier alpha value is -1.93. The lowest BCUT2D eigenvalue weighted by Gasteiger charge is -2.14. The predicted molar refractivity (Wildman–Crippen MR) is 76.4 cm³/mol. The van der Waals surface area contributed by atoms with E-state index in [9.17, 15) is 18.0 Å². The van der Waals surface area contributed by atoms with Crippen molar-refractivity contribution in [3.63, 3.8) is 0 Å². The Morgan fingerprint density at radius 2 is 1.90 bits per heavy atom. The van der Waals surface area contributed by atoms with Crippen LogP contribution in [0.1, 0.15) is 12.0 Å². The summed E-state index contributed by atoms with van der Waals surface area (Å²) in [5, 5.41) is 11.3. The first-order valence-electron chi connectivity index (χ1n) is 6.45. The van der Waals surface area contributed by atoms with Gasteiger partial charge in [0.1, 0.15) is 0 Å². The van der Waals surface area contributed by atoms with Crippen molar-refractivity contribution in [2.24, 2.45) is 0 Å². The van der Waals surface area contributed by atoms with E-state index in [0.717, 1.165) is 0 Å². The van der Waals surface area contributed by atoms with Gasteiger partial charge in [0, 0.05) is 12.2 Å². The van der Waals surface area contributed by atoms with E-state index in [0.29, 0.717) is 24.2 Å². The van der Waals surface area contributed by atoms with E-state index in [1.165, 1.54) is 4.31 Å². The number of carbonyl (C=O) groups is 2. The van der Waals surface area contributed by atoms with Crippen molar-refractivity contribution < 1.29 is 23.1 Å². The summed E-state index contributed by atoms with van der Waals surface area (Å²) in [5.74, 6) is -1.25. The van der Waals surface area contributed by atoms with Crippen LogP contribution in [0.25, 0.3) is 0 Å². The van der Waals surface area contributed by atoms with Gasteiger partial charge in [0.25, 0.3) is 0 Å². The summed E-state index contributed by atoms with van der Waals surface area (Å²) in [6.07, 6.45) is 0.458. The largest absolute Gasteiger partial charge is 0.481 e. The van der Waals surface area contributed by atoms with E-state index in [1.807, 2.05) is 0 Å². The number of hydrogen-bond acceptors (Lipinski definition) is 4. The molecule has 0 aliphatic carbocycles. The first kappa shape index (κ1) is 15.5. The molecular formula is C13H16N2O5S. The van der Waals surface area contributed by atoms with Crippen molar-refractivity contribution in [2.45, 2.75) is 12.8 Å². The minimum atomic E-state index is -3.29. The van der Waals surface area contributed by atoms with Crippen LogP contribution < -0.4 is 5.32 Å². The highest BCUT2D eigenvalue weighted by Crippen LogP contribution is 2.14. The fourth-order valence-electron chi connectivity index (χ4n) is 2.11. The summed E-state index contributed by atoms with van der Waals surface area (Å²) in [4.78, 5) is 22.4. The zero-order valence-electron chi connectivity index (χ0n) is 11.3. The average Bonchev–Trinajstić information content (AvgIpc) is 2.70. The SMILES string of the molecule is O=C(O)Cc1ccc(NC(=O)CN2CCCS2(=O)=O)cc1. The van der Waals surface area contributed by atoms with Crippen LogP contribution in [0.15, 0.2) is 24.3 Å². The maximum Gasteiger partial charge on any atom is 0.307 e. The first-order chi connectivity index (χ1) is 9.87. The van der Waals surface area contributed by atoms with E-state index in [4.69, 9.17) is 5.11 Å². The molecule has 0 unspecified atom stereocenters. The molecule has 1 amide bonds. The Balaban J connectivity index is 1.92. The van der Waals surface area contributed by atoms with Gasteiger partial charge in [-0.3, -0.25) is 9.59 Å². The number of nitrogens with one attached hydrogen (secondary N) is 1. The third-order valence-corrected chi connectivity index (χ3v) is 5.02. The van der Waals surface area contributed by atoms with Gasteiger partial charge < -0.3 is 10.4 Å². The highest BCUT2D eigenvalue weighted by molar-refractivity contribution is 7.89. The van der Waals surface area contributed by atoms with Crippen LogP contribution in [-0.4, -0.2) is 48.5 Å². The average molecular weight is 312 g/mol. The Bertz CT molecular complexity index is 639. The summed E-state index contributed by atoms with van der Waals surface area (Å²) in [5.41, 5.74) is 1.13. The molecule has 1 heterocycles. The van der Waals surface area contributed by atoms with Gasteiger partial charge in [0.05, 0.1) is 18.7 Å². The Labute approximate surface area is 122 Å². The minimum Gasteiger partial charge on any atom is -0.481 e. The van der Waals surface area contributed by atoms with Crippen molar-refractivity contribution in [3.05, 3.63) is 29.8 Å².